The molecule has 2 heterocycles. The molecule has 0 saturated carbocycles. The first kappa shape index (κ1) is 23.0. The first-order valence-corrected chi connectivity index (χ1v) is 12.1. The Morgan fingerprint density at radius 1 is 1.23 bits per heavy atom. The maximum Gasteiger partial charge on any atom is 0.239 e. The molecule has 2 saturated heterocycles. The van der Waals surface area contributed by atoms with Gasteiger partial charge in [-0.15, -0.1) is 0 Å². The van der Waals surface area contributed by atoms with Crippen LogP contribution in [0.4, 0.5) is 5.69 Å². The molecule has 2 fully saturated rings. The van der Waals surface area contributed by atoms with Crippen LogP contribution in [-0.4, -0.2) is 74.0 Å². The van der Waals surface area contributed by atoms with Crippen molar-refractivity contribution in [1.29, 1.82) is 0 Å². The average molecular weight is 457 g/mol. The van der Waals surface area contributed by atoms with Gasteiger partial charge < -0.3 is 15.5 Å². The van der Waals surface area contributed by atoms with E-state index in [4.69, 9.17) is 11.6 Å². The zero-order valence-electron chi connectivity index (χ0n) is 17.3. The molecule has 1 aromatic carbocycles. The van der Waals surface area contributed by atoms with Gasteiger partial charge in [0.05, 0.1) is 17.8 Å². The molecule has 0 radical (unpaired) electrons. The predicted octanol–water partition coefficient (Wildman–Crippen LogP) is 1.53. The maximum atomic E-state index is 12.9. The third kappa shape index (κ3) is 5.51. The van der Waals surface area contributed by atoms with Gasteiger partial charge in [0.15, 0.2) is 0 Å². The Kier molecular flexibility index (Phi) is 7.38. The van der Waals surface area contributed by atoms with Crippen LogP contribution in [0.25, 0.3) is 0 Å². The molecular weight excluding hydrogens is 428 g/mol. The van der Waals surface area contributed by atoms with Gasteiger partial charge in [-0.05, 0) is 49.4 Å². The number of nitrogens with zero attached hydrogens (tertiary/aromatic N) is 2. The summed E-state index contributed by atoms with van der Waals surface area (Å²) in [6.45, 7) is 3.52. The zero-order chi connectivity index (χ0) is 21.9. The van der Waals surface area contributed by atoms with Gasteiger partial charge in [0.1, 0.15) is 0 Å². The fourth-order valence-corrected chi connectivity index (χ4v) is 5.52. The van der Waals surface area contributed by atoms with E-state index < -0.39 is 27.2 Å². The van der Waals surface area contributed by atoms with E-state index in [1.165, 1.54) is 7.05 Å². The van der Waals surface area contributed by atoms with E-state index >= 15 is 0 Å². The van der Waals surface area contributed by atoms with E-state index in [0.717, 1.165) is 30.2 Å². The Morgan fingerprint density at radius 3 is 2.50 bits per heavy atom. The normalized spacial score (nSPS) is 23.0. The monoisotopic (exact) mass is 456 g/mol. The van der Waals surface area contributed by atoms with E-state index in [1.54, 1.807) is 24.3 Å². The topological polar surface area (TPSA) is 98.8 Å². The number of likely N-dealkylation sites (N-methyl/N-ethyl adjacent to an activating group) is 1. The highest BCUT2D eigenvalue weighted by Gasteiger charge is 2.41. The van der Waals surface area contributed by atoms with Gasteiger partial charge in [-0.2, -0.15) is 4.31 Å². The van der Waals surface area contributed by atoms with E-state index in [9.17, 15) is 18.0 Å². The van der Waals surface area contributed by atoms with E-state index in [0.29, 0.717) is 16.6 Å². The molecule has 2 N–H and O–H groups in total. The molecule has 10 heteroatoms. The van der Waals surface area contributed by atoms with Crippen LogP contribution >= 0.6 is 11.6 Å². The lowest BCUT2D eigenvalue weighted by Crippen LogP contribution is -2.46. The van der Waals surface area contributed by atoms with E-state index in [-0.39, 0.29) is 25.4 Å². The fourth-order valence-electron chi connectivity index (χ4n) is 3.85. The minimum absolute atomic E-state index is 0.0252. The van der Waals surface area contributed by atoms with Crippen molar-refractivity contribution >= 4 is 39.1 Å². The molecule has 0 spiro atoms. The molecule has 2 aliphatic rings. The van der Waals surface area contributed by atoms with Crippen LogP contribution in [-0.2, 0) is 19.6 Å². The van der Waals surface area contributed by atoms with Crippen molar-refractivity contribution in [2.45, 2.75) is 37.5 Å². The summed E-state index contributed by atoms with van der Waals surface area (Å²) >= 11 is 5.82. The van der Waals surface area contributed by atoms with Crippen molar-refractivity contribution in [2.75, 3.05) is 38.5 Å². The summed E-state index contributed by atoms with van der Waals surface area (Å²) in [6.07, 6.45) is 2.17. The van der Waals surface area contributed by atoms with Crippen molar-refractivity contribution in [3.8, 4) is 0 Å². The number of sulfonamides is 1. The van der Waals surface area contributed by atoms with Gasteiger partial charge in [-0.3, -0.25) is 9.59 Å². The van der Waals surface area contributed by atoms with Crippen LogP contribution in [0.15, 0.2) is 24.3 Å². The summed E-state index contributed by atoms with van der Waals surface area (Å²) in [5, 5.41) is 5.53. The molecule has 0 aliphatic carbocycles. The second-order valence-electron chi connectivity index (χ2n) is 8.18. The first-order valence-electron chi connectivity index (χ1n) is 10.2. The highest BCUT2D eigenvalue weighted by molar-refractivity contribution is 7.89. The molecule has 30 heavy (non-hydrogen) atoms. The van der Waals surface area contributed by atoms with Crippen molar-refractivity contribution in [2.24, 2.45) is 5.92 Å². The zero-order valence-corrected chi connectivity index (χ0v) is 18.9. The minimum atomic E-state index is -3.72. The first-order chi connectivity index (χ1) is 14.2. The maximum absolute atomic E-state index is 12.9. The molecule has 2 atom stereocenters. The fraction of sp³-hybridized carbons (Fsp3) is 0.600. The predicted molar refractivity (Wildman–Crippen MR) is 117 cm³/mol. The Bertz CT molecular complexity index is 869. The highest BCUT2D eigenvalue weighted by Crippen LogP contribution is 2.22. The lowest BCUT2D eigenvalue weighted by atomic mass is 9.98. The molecule has 1 aromatic rings. The molecule has 2 amide bonds. The number of hydrogen-bond donors (Lipinski definition) is 2. The number of halogens is 1. The summed E-state index contributed by atoms with van der Waals surface area (Å²) in [7, 11) is -2.33. The van der Waals surface area contributed by atoms with Crippen molar-refractivity contribution in [3.05, 3.63) is 29.3 Å². The summed E-state index contributed by atoms with van der Waals surface area (Å²) in [4.78, 5) is 26.8. The summed E-state index contributed by atoms with van der Waals surface area (Å²) < 4.78 is 26.9. The van der Waals surface area contributed by atoms with Crippen LogP contribution in [0.1, 0.15) is 26.2 Å². The number of hydrogen-bond acceptors (Lipinski definition) is 5. The van der Waals surface area contributed by atoms with Crippen LogP contribution in [0.3, 0.4) is 0 Å². The summed E-state index contributed by atoms with van der Waals surface area (Å²) in [6, 6.07) is 6.08. The molecule has 2 aliphatic heterocycles. The third-order valence-corrected chi connectivity index (χ3v) is 8.29. The Balaban J connectivity index is 1.53. The quantitative estimate of drug-likeness (QED) is 0.676. The summed E-state index contributed by atoms with van der Waals surface area (Å²) in [5.74, 6) is 0.151. The number of carbonyl (C=O) groups is 2. The minimum Gasteiger partial charge on any atom is -0.341 e. The number of piperidine rings is 1. The number of benzene rings is 1. The number of likely N-dealkylation sites (tertiary alicyclic amines) is 1. The van der Waals surface area contributed by atoms with Crippen molar-refractivity contribution in [3.63, 3.8) is 0 Å². The van der Waals surface area contributed by atoms with Crippen LogP contribution in [0, 0.1) is 5.92 Å². The smallest absolute Gasteiger partial charge is 0.239 e. The number of carbonyl (C=O) groups excluding carboxylic acids is 2. The van der Waals surface area contributed by atoms with Gasteiger partial charge in [0.25, 0.3) is 0 Å². The van der Waals surface area contributed by atoms with Crippen LogP contribution in [0.5, 0.6) is 0 Å². The number of nitrogens with one attached hydrogen (secondary N) is 2. The Hall–Kier alpha value is -1.68. The largest absolute Gasteiger partial charge is 0.341 e. The van der Waals surface area contributed by atoms with E-state index in [1.807, 2.05) is 4.90 Å². The third-order valence-electron chi connectivity index (χ3n) is 5.83. The molecule has 0 aromatic heterocycles. The van der Waals surface area contributed by atoms with Gasteiger partial charge in [0.2, 0.25) is 21.8 Å². The van der Waals surface area contributed by atoms with Gasteiger partial charge in [0, 0.05) is 37.4 Å². The SMILES string of the molecule is CC1CCN(C(=O)C2CC(S(=O)(=O)N(C)CC(=O)Nc3ccc(Cl)cc3)CN2)CC1. The van der Waals surface area contributed by atoms with Gasteiger partial charge >= 0.3 is 0 Å². The Labute approximate surface area is 183 Å². The molecule has 8 nitrogen and oxygen atoms in total. The average Bonchev–Trinajstić information content (AvgIpc) is 3.21. The lowest BCUT2D eigenvalue weighted by Gasteiger charge is -2.32. The molecule has 2 unspecified atom stereocenters. The number of amides is 2. The molecule has 0 bridgehead atoms. The second kappa shape index (κ2) is 9.64. The second-order valence-corrected chi connectivity index (χ2v) is 10.9. The highest BCUT2D eigenvalue weighted by atomic mass is 35.5. The van der Waals surface area contributed by atoms with Gasteiger partial charge in [-0.25, -0.2) is 8.42 Å². The molecule has 3 rings (SSSR count). The molecular formula is C20H29ClN4O4S. The van der Waals surface area contributed by atoms with Gasteiger partial charge in [-0.1, -0.05) is 18.5 Å². The van der Waals surface area contributed by atoms with Crippen molar-refractivity contribution < 1.29 is 18.0 Å². The van der Waals surface area contributed by atoms with E-state index in [2.05, 4.69) is 17.6 Å². The number of anilines is 1. The lowest BCUT2D eigenvalue weighted by molar-refractivity contribution is -0.134. The molecule has 166 valence electrons. The Morgan fingerprint density at radius 2 is 1.87 bits per heavy atom. The summed E-state index contributed by atoms with van der Waals surface area (Å²) in [5.41, 5.74) is 0.541. The van der Waals surface area contributed by atoms with Crippen LogP contribution in [0.2, 0.25) is 5.02 Å². The number of rotatable bonds is 6. The van der Waals surface area contributed by atoms with Crippen LogP contribution < -0.4 is 10.6 Å². The van der Waals surface area contributed by atoms with Crippen molar-refractivity contribution in [1.82, 2.24) is 14.5 Å². The standard InChI is InChI=1S/C20H29ClN4O4S/c1-14-7-9-25(10-8-14)20(27)18-11-17(12-22-18)30(28,29)24(2)13-19(26)23-16-5-3-15(21)4-6-16/h3-6,14,17-18,22H,7-13H2,1-2H3,(H,23,26).